The van der Waals surface area contributed by atoms with Gasteiger partial charge in [0.2, 0.25) is 0 Å². The zero-order valence-corrected chi connectivity index (χ0v) is 20.6. The number of fused-ring (bicyclic) bond motifs is 2. The summed E-state index contributed by atoms with van der Waals surface area (Å²) in [5.41, 5.74) is 0.614. The first-order chi connectivity index (χ1) is 17.0. The van der Waals surface area contributed by atoms with Gasteiger partial charge in [0.25, 0.3) is 5.91 Å². The van der Waals surface area contributed by atoms with Crippen LogP contribution in [0.2, 0.25) is 0 Å². The van der Waals surface area contributed by atoms with Crippen molar-refractivity contribution in [3.05, 3.63) is 52.7 Å². The number of ketones is 1. The molecule has 1 aromatic carbocycles. The molecule has 0 aliphatic carbocycles. The van der Waals surface area contributed by atoms with Crippen molar-refractivity contribution in [2.45, 2.75) is 42.0 Å². The van der Waals surface area contributed by atoms with Gasteiger partial charge in [-0.05, 0) is 44.0 Å². The van der Waals surface area contributed by atoms with Crippen molar-refractivity contribution in [3.8, 4) is 0 Å². The number of anilines is 1. The average molecular weight is 536 g/mol. The van der Waals surface area contributed by atoms with Gasteiger partial charge >= 0.3 is 12.3 Å². The number of nitrogens with zero attached hydrogens (tertiary/aromatic N) is 2. The normalized spacial score (nSPS) is 17.3. The fraction of sp³-hybridized carbons (Fsp3) is 0.333. The molecule has 0 atom stereocenters. The molecule has 2 aliphatic rings. The second kappa shape index (κ2) is 8.77. The Morgan fingerprint density at radius 3 is 2.56 bits per heavy atom. The van der Waals surface area contributed by atoms with Gasteiger partial charge in [-0.15, -0.1) is 11.8 Å². The number of alkyl halides is 3. The third-order valence-corrected chi connectivity index (χ3v) is 9.06. The molecular formula is C24H20F3N3O4S2. The summed E-state index contributed by atoms with van der Waals surface area (Å²) in [6.07, 6.45) is -4.62. The van der Waals surface area contributed by atoms with Crippen LogP contribution >= 0.6 is 23.1 Å². The summed E-state index contributed by atoms with van der Waals surface area (Å²) in [6.45, 7) is 2.60. The number of aromatic nitrogens is 1. The lowest BCUT2D eigenvalue weighted by Gasteiger charge is -2.43. The van der Waals surface area contributed by atoms with Crippen LogP contribution in [-0.2, 0) is 6.18 Å². The summed E-state index contributed by atoms with van der Waals surface area (Å²) in [4.78, 5) is 43.7. The molecule has 0 bridgehead atoms. The average Bonchev–Trinajstić information content (AvgIpc) is 3.15. The Bertz CT molecular complexity index is 1410. The SMILES string of the molecule is Cc1ccc2c(c1)C(=O)CC1(CCN(C(=O)c3c(NC(=O)O)sc4nc(C(F)(F)F)ccc34)CC1)S2. The van der Waals surface area contributed by atoms with Gasteiger partial charge < -0.3 is 10.0 Å². The van der Waals surface area contributed by atoms with Gasteiger partial charge in [0.1, 0.15) is 15.5 Å². The number of rotatable bonds is 2. The third-order valence-electron chi connectivity index (χ3n) is 6.49. The molecule has 5 rings (SSSR count). The number of halogens is 3. The van der Waals surface area contributed by atoms with Gasteiger partial charge in [-0.1, -0.05) is 23.0 Å². The van der Waals surface area contributed by atoms with Gasteiger partial charge in [0, 0.05) is 40.1 Å². The van der Waals surface area contributed by atoms with E-state index in [9.17, 15) is 32.7 Å². The van der Waals surface area contributed by atoms with Crippen LogP contribution in [0.5, 0.6) is 0 Å². The number of carbonyl (C=O) groups is 3. The highest BCUT2D eigenvalue weighted by molar-refractivity contribution is 8.01. The fourth-order valence-electron chi connectivity index (χ4n) is 4.70. The molecule has 2 aromatic heterocycles. The molecule has 1 fully saturated rings. The second-order valence-corrected chi connectivity index (χ2v) is 11.5. The number of pyridine rings is 1. The van der Waals surface area contributed by atoms with Crippen LogP contribution < -0.4 is 5.32 Å². The van der Waals surface area contributed by atoms with E-state index >= 15 is 0 Å². The number of carboxylic acid groups (broad SMARTS) is 1. The lowest BCUT2D eigenvalue weighted by atomic mass is 9.87. The number of thioether (sulfide) groups is 1. The van der Waals surface area contributed by atoms with E-state index in [4.69, 9.17) is 0 Å². The van der Waals surface area contributed by atoms with Crippen LogP contribution in [0.15, 0.2) is 35.2 Å². The number of Topliss-reactive ketones (excluding diaryl/α,β-unsaturated/α-hetero) is 1. The van der Waals surface area contributed by atoms with Crippen LogP contribution in [0.3, 0.4) is 0 Å². The third kappa shape index (κ3) is 4.43. The number of nitrogens with one attached hydrogen (secondary N) is 1. The van der Waals surface area contributed by atoms with E-state index in [1.165, 1.54) is 0 Å². The zero-order chi connectivity index (χ0) is 25.8. The molecule has 12 heteroatoms. The van der Waals surface area contributed by atoms with Crippen LogP contribution in [-0.4, -0.2) is 50.6 Å². The van der Waals surface area contributed by atoms with Crippen molar-refractivity contribution >= 4 is 56.1 Å². The molecule has 0 unspecified atom stereocenters. The molecule has 1 spiro atoms. The maximum atomic E-state index is 13.5. The van der Waals surface area contributed by atoms with Gasteiger partial charge in [-0.25, -0.2) is 9.78 Å². The van der Waals surface area contributed by atoms with Gasteiger partial charge in [-0.2, -0.15) is 13.2 Å². The first kappa shape index (κ1) is 24.6. The van der Waals surface area contributed by atoms with E-state index in [2.05, 4.69) is 10.3 Å². The molecule has 2 N–H and O–H groups in total. The van der Waals surface area contributed by atoms with Crippen LogP contribution in [0.25, 0.3) is 10.2 Å². The molecule has 188 valence electrons. The summed E-state index contributed by atoms with van der Waals surface area (Å²) in [5.74, 6) is -0.403. The Morgan fingerprint density at radius 2 is 1.89 bits per heavy atom. The molecule has 2 aliphatic heterocycles. The minimum absolute atomic E-state index is 0.0113. The zero-order valence-electron chi connectivity index (χ0n) is 18.9. The lowest BCUT2D eigenvalue weighted by molar-refractivity contribution is -0.140. The number of piperidine rings is 1. The largest absolute Gasteiger partial charge is 0.465 e. The van der Waals surface area contributed by atoms with Crippen molar-refractivity contribution in [2.24, 2.45) is 0 Å². The fourth-order valence-corrected chi connectivity index (χ4v) is 7.23. The molecule has 7 nitrogen and oxygen atoms in total. The Balaban J connectivity index is 1.41. The first-order valence-corrected chi connectivity index (χ1v) is 12.7. The van der Waals surface area contributed by atoms with Crippen molar-refractivity contribution in [2.75, 3.05) is 18.4 Å². The quantitative estimate of drug-likeness (QED) is 0.413. The van der Waals surface area contributed by atoms with Crippen molar-refractivity contribution in [3.63, 3.8) is 0 Å². The maximum Gasteiger partial charge on any atom is 0.433 e. The number of amides is 2. The summed E-state index contributed by atoms with van der Waals surface area (Å²) in [6, 6.07) is 7.75. The van der Waals surface area contributed by atoms with Crippen LogP contribution in [0.1, 0.15) is 51.2 Å². The van der Waals surface area contributed by atoms with E-state index < -0.39 is 23.9 Å². The molecule has 1 saturated heterocycles. The predicted molar refractivity (Wildman–Crippen MR) is 130 cm³/mol. The van der Waals surface area contributed by atoms with E-state index in [-0.39, 0.29) is 31.3 Å². The van der Waals surface area contributed by atoms with Crippen molar-refractivity contribution in [1.29, 1.82) is 0 Å². The molecule has 3 aromatic rings. The summed E-state index contributed by atoms with van der Waals surface area (Å²) in [5, 5.41) is 11.4. The maximum absolute atomic E-state index is 13.5. The molecule has 0 radical (unpaired) electrons. The number of carbonyl (C=O) groups excluding carboxylic acids is 2. The molecule has 36 heavy (non-hydrogen) atoms. The van der Waals surface area contributed by atoms with Crippen molar-refractivity contribution < 1.29 is 32.7 Å². The highest BCUT2D eigenvalue weighted by Gasteiger charge is 2.43. The highest BCUT2D eigenvalue weighted by atomic mass is 32.2. The number of thiophene rings is 1. The van der Waals surface area contributed by atoms with Gasteiger partial charge in [0.15, 0.2) is 5.78 Å². The number of hydrogen-bond acceptors (Lipinski definition) is 6. The number of aryl methyl sites for hydroxylation is 1. The number of hydrogen-bond donors (Lipinski definition) is 2. The summed E-state index contributed by atoms with van der Waals surface area (Å²) < 4.78 is 39.0. The first-order valence-electron chi connectivity index (χ1n) is 11.1. The van der Waals surface area contributed by atoms with Crippen LogP contribution in [0.4, 0.5) is 23.0 Å². The molecule has 4 heterocycles. The van der Waals surface area contributed by atoms with E-state index in [0.29, 0.717) is 43.7 Å². The summed E-state index contributed by atoms with van der Waals surface area (Å²) >= 11 is 2.35. The van der Waals surface area contributed by atoms with Gasteiger partial charge in [-0.3, -0.25) is 14.9 Å². The van der Waals surface area contributed by atoms with E-state index in [1.807, 2.05) is 25.1 Å². The smallest absolute Gasteiger partial charge is 0.433 e. The molecular weight excluding hydrogens is 515 g/mol. The Hall–Kier alpha value is -3.12. The second-order valence-electron chi connectivity index (χ2n) is 8.96. The molecule has 2 amide bonds. The Kier molecular flexibility index (Phi) is 5.98. The Labute approximate surface area is 211 Å². The predicted octanol–water partition coefficient (Wildman–Crippen LogP) is 6.07. The number of likely N-dealkylation sites (tertiary alicyclic amines) is 1. The van der Waals surface area contributed by atoms with Gasteiger partial charge in [0.05, 0.1) is 5.56 Å². The van der Waals surface area contributed by atoms with Crippen LogP contribution in [0, 0.1) is 6.92 Å². The standard InChI is InChI=1S/C24H20F3N3O4S2/c1-12-2-4-16-14(10-12)15(31)11-23(36-16)6-8-30(9-7-23)21(32)18-13-3-5-17(24(25,26)27)28-19(13)35-20(18)29-22(33)34/h2-5,10,29H,6-9,11H2,1H3,(H,33,34). The Morgan fingerprint density at radius 1 is 1.17 bits per heavy atom. The summed E-state index contributed by atoms with van der Waals surface area (Å²) in [7, 11) is 0. The highest BCUT2D eigenvalue weighted by Crippen LogP contribution is 2.49. The molecule has 0 saturated carbocycles. The van der Waals surface area contributed by atoms with E-state index in [1.54, 1.807) is 16.7 Å². The monoisotopic (exact) mass is 535 g/mol. The van der Waals surface area contributed by atoms with Crippen molar-refractivity contribution in [1.82, 2.24) is 9.88 Å². The topological polar surface area (TPSA) is 99.6 Å². The minimum atomic E-state index is -4.67. The lowest BCUT2D eigenvalue weighted by Crippen LogP contribution is -2.47. The minimum Gasteiger partial charge on any atom is -0.465 e. The number of benzene rings is 1. The van der Waals surface area contributed by atoms with E-state index in [0.717, 1.165) is 28.2 Å².